The van der Waals surface area contributed by atoms with E-state index >= 15 is 0 Å². The molecule has 1 saturated heterocycles. The Labute approximate surface area is 213 Å². The van der Waals surface area contributed by atoms with Gasteiger partial charge in [-0.25, -0.2) is 0 Å². The number of hydrogen-bond donors (Lipinski definition) is 3. The molecule has 2 fully saturated rings. The minimum Gasteiger partial charge on any atom is -0.388 e. The van der Waals surface area contributed by atoms with E-state index in [0.29, 0.717) is 5.92 Å². The lowest BCUT2D eigenvalue weighted by Crippen LogP contribution is -2.34. The molecule has 1 saturated carbocycles. The van der Waals surface area contributed by atoms with Crippen molar-refractivity contribution in [1.82, 2.24) is 15.5 Å². The molecular formula is C31H47N3O. The second-order valence-corrected chi connectivity index (χ2v) is 12.0. The molecule has 6 rings (SSSR count). The van der Waals surface area contributed by atoms with E-state index in [1.54, 1.807) is 5.57 Å². The van der Waals surface area contributed by atoms with Gasteiger partial charge in [0.15, 0.2) is 0 Å². The van der Waals surface area contributed by atoms with Crippen molar-refractivity contribution in [3.05, 3.63) is 52.6 Å². The fourth-order valence-corrected chi connectivity index (χ4v) is 7.53. The van der Waals surface area contributed by atoms with E-state index in [-0.39, 0.29) is 6.10 Å². The minimum atomic E-state index is -0.275. The number of fused-ring (bicyclic) bond motifs is 2. The largest absolute Gasteiger partial charge is 0.388 e. The standard InChI is InChI=1S/C16H21NO.C15H26N2/c1-11-8-13(10-17-9-11)14-6-2-4-12-5-3-7-15(18)16(12)14;1-11-7-12(9-16-8-11)14-10-17(2)15-6-4-3-5-13(14)15/h2,4,6,8,11,15,17-18H,3,5,7,9-10H2,1H3;7,11,13-16H,3-6,8-10H2,1-2H3/t11-,15?;11-,13?,14?,15?/m11/s1. The molecule has 0 amide bonds. The normalized spacial score (nSPS) is 35.2. The van der Waals surface area contributed by atoms with Gasteiger partial charge in [0, 0.05) is 38.8 Å². The number of hydrogen-bond acceptors (Lipinski definition) is 4. The van der Waals surface area contributed by atoms with Crippen molar-refractivity contribution in [2.45, 2.75) is 70.9 Å². The van der Waals surface area contributed by atoms with E-state index in [4.69, 9.17) is 0 Å². The Bertz CT molecular complexity index is 937. The molecule has 0 aromatic heterocycles. The van der Waals surface area contributed by atoms with Crippen LogP contribution in [0, 0.1) is 23.7 Å². The summed E-state index contributed by atoms with van der Waals surface area (Å²) < 4.78 is 0. The molecule has 0 bridgehead atoms. The molecule has 1 aromatic carbocycles. The first-order chi connectivity index (χ1) is 17.0. The van der Waals surface area contributed by atoms with Crippen molar-refractivity contribution < 1.29 is 5.11 Å². The summed E-state index contributed by atoms with van der Waals surface area (Å²) in [6.45, 7) is 10.2. The van der Waals surface area contributed by atoms with Crippen LogP contribution in [-0.4, -0.2) is 55.8 Å². The van der Waals surface area contributed by atoms with Gasteiger partial charge in [-0.1, -0.05) is 62.6 Å². The van der Waals surface area contributed by atoms with E-state index in [0.717, 1.165) is 62.7 Å². The molecule has 4 unspecified atom stereocenters. The quantitative estimate of drug-likeness (QED) is 0.528. The molecule has 4 heteroatoms. The van der Waals surface area contributed by atoms with Crippen LogP contribution < -0.4 is 10.6 Å². The van der Waals surface area contributed by atoms with Gasteiger partial charge in [0.2, 0.25) is 0 Å². The Morgan fingerprint density at radius 1 is 0.914 bits per heavy atom. The molecule has 3 N–H and O–H groups in total. The van der Waals surface area contributed by atoms with E-state index < -0.39 is 0 Å². The number of rotatable bonds is 2. The Hall–Kier alpha value is -1.46. The SMILES string of the molecule is C[C@@H]1C=C(C2CN(C)C3CCCCC23)CNC1.C[C@@H]1C=C(c2cccc3c2C(O)CCC3)CNC1. The summed E-state index contributed by atoms with van der Waals surface area (Å²) in [6.07, 6.45) is 13.6. The van der Waals surface area contributed by atoms with Crippen molar-refractivity contribution in [3.8, 4) is 0 Å². The van der Waals surface area contributed by atoms with Crippen molar-refractivity contribution in [2.75, 3.05) is 39.8 Å². The van der Waals surface area contributed by atoms with Gasteiger partial charge >= 0.3 is 0 Å². The van der Waals surface area contributed by atoms with E-state index in [1.807, 2.05) is 0 Å². The Balaban J connectivity index is 0.000000145. The van der Waals surface area contributed by atoms with Crippen LogP contribution in [-0.2, 0) is 6.42 Å². The van der Waals surface area contributed by atoms with Crippen LogP contribution in [0.25, 0.3) is 5.57 Å². The van der Waals surface area contributed by atoms with E-state index in [1.165, 1.54) is 61.0 Å². The third kappa shape index (κ3) is 5.61. The zero-order valence-corrected chi connectivity index (χ0v) is 22.2. The van der Waals surface area contributed by atoms with E-state index in [2.05, 4.69) is 66.8 Å². The molecule has 3 heterocycles. The number of benzene rings is 1. The number of aryl methyl sites for hydroxylation is 1. The number of nitrogens with zero attached hydrogens (tertiary/aromatic N) is 1. The van der Waals surface area contributed by atoms with Gasteiger partial charge in [-0.2, -0.15) is 0 Å². The van der Waals surface area contributed by atoms with Gasteiger partial charge in [-0.15, -0.1) is 0 Å². The summed E-state index contributed by atoms with van der Waals surface area (Å²) in [5, 5.41) is 17.3. The Morgan fingerprint density at radius 3 is 2.49 bits per heavy atom. The van der Waals surface area contributed by atoms with Crippen molar-refractivity contribution in [3.63, 3.8) is 0 Å². The first-order valence-corrected chi connectivity index (χ1v) is 14.3. The molecule has 1 aromatic rings. The molecule has 0 spiro atoms. The molecule has 192 valence electrons. The second kappa shape index (κ2) is 11.3. The summed E-state index contributed by atoms with van der Waals surface area (Å²) in [5.41, 5.74) is 6.85. The maximum Gasteiger partial charge on any atom is 0.0798 e. The lowest BCUT2D eigenvalue weighted by atomic mass is 9.76. The zero-order chi connectivity index (χ0) is 24.4. The molecule has 35 heavy (non-hydrogen) atoms. The minimum absolute atomic E-state index is 0.275. The first kappa shape index (κ1) is 25.2. The van der Waals surface area contributed by atoms with E-state index in [9.17, 15) is 5.11 Å². The molecule has 5 aliphatic rings. The molecule has 4 nitrogen and oxygen atoms in total. The van der Waals surface area contributed by atoms with Crippen molar-refractivity contribution in [2.24, 2.45) is 23.7 Å². The number of aliphatic hydroxyl groups is 1. The fourth-order valence-electron chi connectivity index (χ4n) is 7.53. The third-order valence-corrected chi connectivity index (χ3v) is 9.19. The first-order valence-electron chi connectivity index (χ1n) is 14.3. The highest BCUT2D eigenvalue weighted by Crippen LogP contribution is 2.42. The average molecular weight is 478 g/mol. The molecular weight excluding hydrogens is 430 g/mol. The highest BCUT2D eigenvalue weighted by Gasteiger charge is 2.42. The predicted octanol–water partition coefficient (Wildman–Crippen LogP) is 4.95. The van der Waals surface area contributed by atoms with Crippen LogP contribution in [0.1, 0.15) is 75.2 Å². The van der Waals surface area contributed by atoms with Crippen LogP contribution in [0.3, 0.4) is 0 Å². The lowest BCUT2D eigenvalue weighted by Gasteiger charge is -2.32. The van der Waals surface area contributed by atoms with Gasteiger partial charge in [-0.05, 0) is 85.1 Å². The maximum absolute atomic E-state index is 10.3. The van der Waals surface area contributed by atoms with Crippen LogP contribution in [0.15, 0.2) is 35.9 Å². The molecule has 3 aliphatic heterocycles. The van der Waals surface area contributed by atoms with Gasteiger partial charge in [0.05, 0.1) is 6.10 Å². The highest BCUT2D eigenvalue weighted by atomic mass is 16.3. The van der Waals surface area contributed by atoms with Crippen LogP contribution in [0.5, 0.6) is 0 Å². The summed E-state index contributed by atoms with van der Waals surface area (Å²) in [4.78, 5) is 2.63. The summed E-state index contributed by atoms with van der Waals surface area (Å²) in [5.74, 6) is 3.10. The van der Waals surface area contributed by atoms with Crippen LogP contribution >= 0.6 is 0 Å². The van der Waals surface area contributed by atoms with Gasteiger partial charge in [-0.3, -0.25) is 0 Å². The Kier molecular flexibility index (Phi) is 8.13. The Morgan fingerprint density at radius 2 is 1.69 bits per heavy atom. The maximum atomic E-state index is 10.3. The number of aliphatic hydroxyl groups excluding tert-OH is 1. The second-order valence-electron chi connectivity index (χ2n) is 12.0. The summed E-state index contributed by atoms with van der Waals surface area (Å²) >= 11 is 0. The highest BCUT2D eigenvalue weighted by molar-refractivity contribution is 5.72. The van der Waals surface area contributed by atoms with Gasteiger partial charge in [0.25, 0.3) is 0 Å². The number of nitrogens with one attached hydrogen (secondary N) is 2. The topological polar surface area (TPSA) is 47.5 Å². The predicted molar refractivity (Wildman–Crippen MR) is 146 cm³/mol. The average Bonchev–Trinajstić information content (AvgIpc) is 3.21. The molecule has 6 atom stereocenters. The zero-order valence-electron chi connectivity index (χ0n) is 22.2. The summed E-state index contributed by atoms with van der Waals surface area (Å²) in [7, 11) is 2.34. The van der Waals surface area contributed by atoms with Crippen LogP contribution in [0.2, 0.25) is 0 Å². The fraction of sp³-hybridized carbons (Fsp3) is 0.677. The van der Waals surface area contributed by atoms with Crippen molar-refractivity contribution in [1.29, 1.82) is 0 Å². The number of likely N-dealkylation sites (tertiary alicyclic amines) is 1. The molecule has 0 radical (unpaired) electrons. The lowest BCUT2D eigenvalue weighted by molar-refractivity contribution is 0.156. The third-order valence-electron chi connectivity index (χ3n) is 9.19. The monoisotopic (exact) mass is 477 g/mol. The molecule has 2 aliphatic carbocycles. The van der Waals surface area contributed by atoms with Crippen LogP contribution in [0.4, 0.5) is 0 Å². The van der Waals surface area contributed by atoms with Gasteiger partial charge in [0.1, 0.15) is 0 Å². The summed E-state index contributed by atoms with van der Waals surface area (Å²) in [6, 6.07) is 7.35. The van der Waals surface area contributed by atoms with Crippen molar-refractivity contribution >= 4 is 5.57 Å². The smallest absolute Gasteiger partial charge is 0.0798 e. The van der Waals surface area contributed by atoms with Gasteiger partial charge < -0.3 is 20.6 Å².